The van der Waals surface area contributed by atoms with E-state index in [1.807, 2.05) is 62.4 Å². The molecule has 1 aromatic heterocycles. The summed E-state index contributed by atoms with van der Waals surface area (Å²) in [6.45, 7) is 9.33. The fraction of sp³-hybridized carbons (Fsp3) is 0.355. The van der Waals surface area contributed by atoms with Gasteiger partial charge in [0.1, 0.15) is 5.75 Å². The molecule has 0 atom stereocenters. The van der Waals surface area contributed by atoms with Crippen LogP contribution in [-0.2, 0) is 22.7 Å². The molecule has 0 saturated carbocycles. The van der Waals surface area contributed by atoms with E-state index >= 15 is 0 Å². The van der Waals surface area contributed by atoms with Crippen molar-refractivity contribution in [3.05, 3.63) is 104 Å². The highest BCUT2D eigenvalue weighted by atomic mass is 16.5. The van der Waals surface area contributed by atoms with Gasteiger partial charge in [-0.05, 0) is 44.5 Å². The number of carboxylic acid groups (broad SMARTS) is 2. The Balaban J connectivity index is 0.000000531. The summed E-state index contributed by atoms with van der Waals surface area (Å²) in [6.07, 6.45) is 1.98. The monoisotopic (exact) mass is 578 g/mol. The van der Waals surface area contributed by atoms with E-state index in [0.717, 1.165) is 61.8 Å². The molecule has 1 aliphatic rings. The standard InChI is InChI=1S/C27H34N4O3.C4H4O4/c1-21-22(2)30(27(33)31(26(21)32)20-23-10-5-4-6-11-23)15-9-14-28-16-18-29(19-17-28)24-12-7-8-13-25(24)34-3;5-3(6)1-2-4(7)8/h4-8,10-13H,9,14-20H2,1-3H3;1-2H,(H,5,6)(H,7,8). The van der Waals surface area contributed by atoms with Crippen LogP contribution in [0.5, 0.6) is 5.75 Å². The first-order valence-electron chi connectivity index (χ1n) is 13.7. The van der Waals surface area contributed by atoms with Gasteiger partial charge in [-0.25, -0.2) is 14.4 Å². The number of methoxy groups -OCH3 is 1. The first-order chi connectivity index (χ1) is 20.1. The maximum Gasteiger partial charge on any atom is 0.331 e. The number of carboxylic acids is 2. The van der Waals surface area contributed by atoms with Crippen molar-refractivity contribution in [2.24, 2.45) is 0 Å². The number of hydrogen-bond donors (Lipinski definition) is 2. The van der Waals surface area contributed by atoms with E-state index in [9.17, 15) is 19.2 Å². The smallest absolute Gasteiger partial charge is 0.331 e. The first-order valence-corrected chi connectivity index (χ1v) is 13.7. The first kappa shape index (κ1) is 31.9. The molecule has 0 radical (unpaired) electrons. The van der Waals surface area contributed by atoms with Crippen molar-refractivity contribution < 1.29 is 24.5 Å². The molecule has 2 heterocycles. The number of ether oxygens (including phenoxy) is 1. The number of benzene rings is 2. The van der Waals surface area contributed by atoms with Gasteiger partial charge in [-0.1, -0.05) is 42.5 Å². The number of aliphatic carboxylic acids is 2. The highest BCUT2D eigenvalue weighted by Gasteiger charge is 2.20. The lowest BCUT2D eigenvalue weighted by molar-refractivity contribution is -0.134. The van der Waals surface area contributed by atoms with E-state index in [0.29, 0.717) is 30.8 Å². The van der Waals surface area contributed by atoms with Gasteiger partial charge in [-0.3, -0.25) is 18.8 Å². The van der Waals surface area contributed by atoms with Crippen LogP contribution in [0.3, 0.4) is 0 Å². The number of carbonyl (C=O) groups is 2. The molecular formula is C31H38N4O7. The van der Waals surface area contributed by atoms with Gasteiger partial charge in [0.25, 0.3) is 5.56 Å². The second-order valence-electron chi connectivity index (χ2n) is 9.89. The third-order valence-electron chi connectivity index (χ3n) is 7.18. The van der Waals surface area contributed by atoms with Crippen molar-refractivity contribution in [1.29, 1.82) is 0 Å². The summed E-state index contributed by atoms with van der Waals surface area (Å²) < 4.78 is 8.65. The molecule has 11 heteroatoms. The van der Waals surface area contributed by atoms with Gasteiger partial charge in [0, 0.05) is 56.1 Å². The number of para-hydroxylation sites is 2. The average Bonchev–Trinajstić information content (AvgIpc) is 3.00. The minimum Gasteiger partial charge on any atom is -0.495 e. The Morgan fingerprint density at radius 3 is 2.02 bits per heavy atom. The highest BCUT2D eigenvalue weighted by Crippen LogP contribution is 2.28. The quantitative estimate of drug-likeness (QED) is 0.348. The van der Waals surface area contributed by atoms with E-state index in [4.69, 9.17) is 14.9 Å². The van der Waals surface area contributed by atoms with Crippen LogP contribution >= 0.6 is 0 Å². The fourth-order valence-electron chi connectivity index (χ4n) is 4.80. The lowest BCUT2D eigenvalue weighted by atomic mass is 10.2. The summed E-state index contributed by atoms with van der Waals surface area (Å²) in [4.78, 5) is 49.9. The van der Waals surface area contributed by atoms with E-state index < -0.39 is 11.9 Å². The number of aromatic nitrogens is 2. The van der Waals surface area contributed by atoms with Crippen molar-refractivity contribution in [2.45, 2.75) is 33.4 Å². The number of nitrogens with zero attached hydrogens (tertiary/aromatic N) is 4. The van der Waals surface area contributed by atoms with Gasteiger partial charge < -0.3 is 19.8 Å². The maximum atomic E-state index is 13.2. The maximum absolute atomic E-state index is 13.2. The Hall–Kier alpha value is -4.64. The molecule has 1 fully saturated rings. The summed E-state index contributed by atoms with van der Waals surface area (Å²) in [5.74, 6) is -1.61. The summed E-state index contributed by atoms with van der Waals surface area (Å²) >= 11 is 0. The van der Waals surface area contributed by atoms with E-state index in [2.05, 4.69) is 15.9 Å². The van der Waals surface area contributed by atoms with Crippen LogP contribution in [0.1, 0.15) is 23.2 Å². The topological polar surface area (TPSA) is 134 Å². The minimum atomic E-state index is -1.26. The Morgan fingerprint density at radius 2 is 1.43 bits per heavy atom. The molecule has 3 aromatic rings. The van der Waals surface area contributed by atoms with E-state index in [1.165, 1.54) is 4.57 Å². The molecule has 2 aromatic carbocycles. The molecule has 0 amide bonds. The summed E-state index contributed by atoms with van der Waals surface area (Å²) in [6, 6.07) is 17.8. The number of rotatable bonds is 10. The van der Waals surface area contributed by atoms with Crippen LogP contribution in [0.4, 0.5) is 5.69 Å². The molecule has 0 bridgehead atoms. The zero-order chi connectivity index (χ0) is 30.6. The van der Waals surface area contributed by atoms with Gasteiger partial charge in [0.2, 0.25) is 0 Å². The second kappa shape index (κ2) is 15.4. The van der Waals surface area contributed by atoms with Crippen LogP contribution in [0.15, 0.2) is 76.3 Å². The summed E-state index contributed by atoms with van der Waals surface area (Å²) in [5, 5.41) is 15.6. The third kappa shape index (κ3) is 8.68. The molecule has 224 valence electrons. The molecule has 4 rings (SSSR count). The number of anilines is 1. The van der Waals surface area contributed by atoms with E-state index in [-0.39, 0.29) is 11.2 Å². The van der Waals surface area contributed by atoms with Gasteiger partial charge in [-0.2, -0.15) is 0 Å². The van der Waals surface area contributed by atoms with Gasteiger partial charge >= 0.3 is 17.6 Å². The molecule has 0 spiro atoms. The van der Waals surface area contributed by atoms with Crippen LogP contribution in [0.25, 0.3) is 0 Å². The SMILES string of the molecule is COc1ccccc1N1CCN(CCCn2c(C)c(C)c(=O)n(Cc3ccccc3)c2=O)CC1.O=C(O)C=CC(=O)O. The Labute approximate surface area is 244 Å². The van der Waals surface area contributed by atoms with Crippen LogP contribution in [0, 0.1) is 13.8 Å². The van der Waals surface area contributed by atoms with Crippen LogP contribution in [-0.4, -0.2) is 76.0 Å². The normalized spacial score (nSPS) is 13.5. The van der Waals surface area contributed by atoms with Gasteiger partial charge in [0.15, 0.2) is 0 Å². The zero-order valence-corrected chi connectivity index (χ0v) is 24.2. The lowest BCUT2D eigenvalue weighted by Crippen LogP contribution is -2.47. The van der Waals surface area contributed by atoms with Crippen molar-refractivity contribution in [2.75, 3.05) is 44.7 Å². The van der Waals surface area contributed by atoms with E-state index in [1.54, 1.807) is 11.7 Å². The lowest BCUT2D eigenvalue weighted by Gasteiger charge is -2.36. The Morgan fingerprint density at radius 1 is 0.833 bits per heavy atom. The molecule has 2 N–H and O–H groups in total. The molecule has 42 heavy (non-hydrogen) atoms. The van der Waals surface area contributed by atoms with Crippen molar-refractivity contribution in [1.82, 2.24) is 14.0 Å². The molecule has 1 saturated heterocycles. The van der Waals surface area contributed by atoms with Crippen molar-refractivity contribution in [3.63, 3.8) is 0 Å². The molecule has 11 nitrogen and oxygen atoms in total. The van der Waals surface area contributed by atoms with Crippen molar-refractivity contribution >= 4 is 17.6 Å². The van der Waals surface area contributed by atoms with Gasteiger partial charge in [0.05, 0.1) is 19.3 Å². The molecule has 0 aliphatic carbocycles. The zero-order valence-electron chi connectivity index (χ0n) is 24.2. The minimum absolute atomic E-state index is 0.199. The van der Waals surface area contributed by atoms with Gasteiger partial charge in [-0.15, -0.1) is 0 Å². The number of piperazine rings is 1. The summed E-state index contributed by atoms with van der Waals surface area (Å²) in [5.41, 5.74) is 3.07. The molecular weight excluding hydrogens is 540 g/mol. The Kier molecular flexibility index (Phi) is 11.7. The second-order valence-corrected chi connectivity index (χ2v) is 9.89. The summed E-state index contributed by atoms with van der Waals surface area (Å²) in [7, 11) is 1.71. The van der Waals surface area contributed by atoms with Crippen LogP contribution in [0.2, 0.25) is 0 Å². The van der Waals surface area contributed by atoms with Crippen LogP contribution < -0.4 is 20.9 Å². The Bertz CT molecular complexity index is 1490. The predicted molar refractivity (Wildman–Crippen MR) is 161 cm³/mol. The fourth-order valence-corrected chi connectivity index (χ4v) is 4.80. The van der Waals surface area contributed by atoms with Crippen molar-refractivity contribution in [3.8, 4) is 5.75 Å². The predicted octanol–water partition coefficient (Wildman–Crippen LogP) is 2.61. The molecule has 0 unspecified atom stereocenters. The average molecular weight is 579 g/mol. The third-order valence-corrected chi connectivity index (χ3v) is 7.18. The largest absolute Gasteiger partial charge is 0.495 e. The highest BCUT2D eigenvalue weighted by molar-refractivity contribution is 5.89. The molecule has 1 aliphatic heterocycles. The number of hydrogen-bond acceptors (Lipinski definition) is 7.